The van der Waals surface area contributed by atoms with Crippen molar-refractivity contribution in [3.05, 3.63) is 95.8 Å². The molecule has 3 aromatic rings. The minimum atomic E-state index is -0.243. The molecule has 1 aromatic heterocycles. The Morgan fingerprint density at radius 2 is 1.62 bits per heavy atom. The Labute approximate surface area is 189 Å². The topological polar surface area (TPSA) is 48.9 Å². The number of ether oxygens (including phenoxy) is 1. The molecule has 1 atom stereocenters. The van der Waals surface area contributed by atoms with Crippen LogP contribution in [0.3, 0.4) is 0 Å². The third-order valence-corrected chi connectivity index (χ3v) is 6.24. The molecule has 164 valence electrons. The number of pyridine rings is 1. The largest absolute Gasteiger partial charge is 0.439 e. The number of carbonyl (C=O) groups excluding carboxylic acids is 1. The van der Waals surface area contributed by atoms with Gasteiger partial charge in [-0.1, -0.05) is 48.5 Å². The van der Waals surface area contributed by atoms with Gasteiger partial charge in [0.05, 0.1) is 6.54 Å². The SMILES string of the molecule is O=C1OC(c2ccccc2)CN1Cc1ccc(N2CCN(Cc3cccnc3)CC2)cc1. The molecule has 0 bridgehead atoms. The van der Waals surface area contributed by atoms with Crippen LogP contribution in [0, 0.1) is 0 Å². The fraction of sp³-hybridized carbons (Fsp3) is 0.308. The summed E-state index contributed by atoms with van der Waals surface area (Å²) in [6.07, 6.45) is 3.33. The van der Waals surface area contributed by atoms with E-state index < -0.39 is 0 Å². The molecule has 2 aromatic carbocycles. The van der Waals surface area contributed by atoms with E-state index in [1.165, 1.54) is 11.3 Å². The minimum absolute atomic E-state index is 0.189. The molecule has 32 heavy (non-hydrogen) atoms. The fourth-order valence-electron chi connectivity index (χ4n) is 4.43. The molecular formula is C26H28N4O2. The molecule has 0 spiro atoms. The Morgan fingerprint density at radius 3 is 2.34 bits per heavy atom. The standard InChI is InChI=1S/C26H28N4O2/c31-26-30(20-25(32-26)23-6-2-1-3-7-23)19-21-8-10-24(11-9-21)29-15-13-28(14-16-29)18-22-5-4-12-27-17-22/h1-12,17,25H,13-16,18-20H2. The number of benzene rings is 2. The third kappa shape index (κ3) is 4.75. The second-order valence-electron chi connectivity index (χ2n) is 8.45. The predicted octanol–water partition coefficient (Wildman–Crippen LogP) is 4.10. The van der Waals surface area contributed by atoms with Gasteiger partial charge in [0, 0.05) is 57.3 Å². The summed E-state index contributed by atoms with van der Waals surface area (Å²) in [5.41, 5.74) is 4.66. The predicted molar refractivity (Wildman–Crippen MR) is 124 cm³/mol. The monoisotopic (exact) mass is 428 g/mol. The summed E-state index contributed by atoms with van der Waals surface area (Å²) in [5.74, 6) is 0. The Balaban J connectivity index is 1.14. The second-order valence-corrected chi connectivity index (χ2v) is 8.45. The van der Waals surface area contributed by atoms with E-state index in [9.17, 15) is 4.79 Å². The van der Waals surface area contributed by atoms with Crippen molar-refractivity contribution in [2.45, 2.75) is 19.2 Å². The van der Waals surface area contributed by atoms with E-state index >= 15 is 0 Å². The minimum Gasteiger partial charge on any atom is -0.439 e. The summed E-state index contributed by atoms with van der Waals surface area (Å²) in [7, 11) is 0. The lowest BCUT2D eigenvalue weighted by molar-refractivity contribution is 0.132. The highest BCUT2D eigenvalue weighted by Gasteiger charge is 2.32. The smallest absolute Gasteiger partial charge is 0.410 e. The number of carbonyl (C=O) groups is 1. The number of hydrogen-bond donors (Lipinski definition) is 0. The van der Waals surface area contributed by atoms with Crippen LogP contribution < -0.4 is 4.90 Å². The van der Waals surface area contributed by atoms with Gasteiger partial charge in [0.25, 0.3) is 0 Å². The first-order valence-electron chi connectivity index (χ1n) is 11.2. The molecule has 0 aliphatic carbocycles. The van der Waals surface area contributed by atoms with Crippen LogP contribution in [0.2, 0.25) is 0 Å². The highest BCUT2D eigenvalue weighted by atomic mass is 16.6. The molecule has 2 fully saturated rings. The zero-order valence-electron chi connectivity index (χ0n) is 18.1. The van der Waals surface area contributed by atoms with Crippen LogP contribution in [0.15, 0.2) is 79.1 Å². The molecule has 1 amide bonds. The van der Waals surface area contributed by atoms with E-state index in [0.717, 1.165) is 43.9 Å². The number of rotatable bonds is 6. The number of nitrogens with zero attached hydrogens (tertiary/aromatic N) is 4. The molecule has 0 N–H and O–H groups in total. The molecule has 2 aliphatic rings. The molecule has 2 saturated heterocycles. The van der Waals surface area contributed by atoms with Crippen LogP contribution in [0.25, 0.3) is 0 Å². The molecule has 1 unspecified atom stereocenters. The molecule has 6 heteroatoms. The molecule has 2 aliphatic heterocycles. The van der Waals surface area contributed by atoms with E-state index in [2.05, 4.69) is 45.1 Å². The molecular weight excluding hydrogens is 400 g/mol. The number of anilines is 1. The Kier molecular flexibility index (Phi) is 6.03. The van der Waals surface area contributed by atoms with Crippen molar-refractivity contribution in [2.75, 3.05) is 37.6 Å². The van der Waals surface area contributed by atoms with Crippen molar-refractivity contribution < 1.29 is 9.53 Å². The summed E-state index contributed by atoms with van der Waals surface area (Å²) in [6.45, 7) is 6.21. The van der Waals surface area contributed by atoms with Gasteiger partial charge < -0.3 is 9.64 Å². The molecule has 6 nitrogen and oxygen atoms in total. The van der Waals surface area contributed by atoms with Crippen molar-refractivity contribution in [3.63, 3.8) is 0 Å². The fourth-order valence-corrected chi connectivity index (χ4v) is 4.43. The van der Waals surface area contributed by atoms with E-state index in [-0.39, 0.29) is 12.2 Å². The summed E-state index contributed by atoms with van der Waals surface area (Å²) in [5, 5.41) is 0. The van der Waals surface area contributed by atoms with Gasteiger partial charge >= 0.3 is 6.09 Å². The maximum absolute atomic E-state index is 12.3. The zero-order chi connectivity index (χ0) is 21.8. The van der Waals surface area contributed by atoms with Gasteiger partial charge in [-0.15, -0.1) is 0 Å². The van der Waals surface area contributed by atoms with Crippen LogP contribution in [0.4, 0.5) is 10.5 Å². The first-order valence-corrected chi connectivity index (χ1v) is 11.2. The van der Waals surface area contributed by atoms with Gasteiger partial charge in [0.15, 0.2) is 0 Å². The maximum atomic E-state index is 12.3. The lowest BCUT2D eigenvalue weighted by Crippen LogP contribution is -2.45. The van der Waals surface area contributed by atoms with Crippen LogP contribution in [0.1, 0.15) is 22.8 Å². The van der Waals surface area contributed by atoms with Crippen LogP contribution in [-0.4, -0.2) is 53.6 Å². The normalized spacial score (nSPS) is 19.2. The summed E-state index contributed by atoms with van der Waals surface area (Å²) in [6, 6.07) is 22.7. The van der Waals surface area contributed by atoms with Gasteiger partial charge in [0.1, 0.15) is 6.10 Å². The molecule has 5 rings (SSSR count). The average Bonchev–Trinajstić information content (AvgIpc) is 3.21. The highest BCUT2D eigenvalue weighted by Crippen LogP contribution is 2.27. The Bertz CT molecular complexity index is 1020. The van der Waals surface area contributed by atoms with Crippen molar-refractivity contribution in [1.29, 1.82) is 0 Å². The van der Waals surface area contributed by atoms with Crippen LogP contribution in [-0.2, 0) is 17.8 Å². The Morgan fingerprint density at radius 1 is 0.844 bits per heavy atom. The van der Waals surface area contributed by atoms with Crippen molar-refractivity contribution in [3.8, 4) is 0 Å². The summed E-state index contributed by atoms with van der Waals surface area (Å²) in [4.78, 5) is 23.2. The van der Waals surface area contributed by atoms with Gasteiger partial charge in [-0.25, -0.2) is 4.79 Å². The number of amides is 1. The van der Waals surface area contributed by atoms with Crippen molar-refractivity contribution in [1.82, 2.24) is 14.8 Å². The highest BCUT2D eigenvalue weighted by molar-refractivity contribution is 5.70. The Hall–Kier alpha value is -3.38. The number of aromatic nitrogens is 1. The average molecular weight is 429 g/mol. The van der Waals surface area contributed by atoms with E-state index in [4.69, 9.17) is 4.74 Å². The lowest BCUT2D eigenvalue weighted by atomic mass is 10.1. The van der Waals surface area contributed by atoms with Crippen molar-refractivity contribution >= 4 is 11.8 Å². The third-order valence-electron chi connectivity index (χ3n) is 6.24. The number of cyclic esters (lactones) is 1. The van der Waals surface area contributed by atoms with Gasteiger partial charge in [0.2, 0.25) is 0 Å². The number of piperazine rings is 1. The quantitative estimate of drug-likeness (QED) is 0.592. The molecule has 3 heterocycles. The van der Waals surface area contributed by atoms with Gasteiger partial charge in [-0.2, -0.15) is 0 Å². The van der Waals surface area contributed by atoms with E-state index in [1.807, 2.05) is 48.8 Å². The van der Waals surface area contributed by atoms with E-state index in [1.54, 1.807) is 4.90 Å². The summed E-state index contributed by atoms with van der Waals surface area (Å²) < 4.78 is 5.57. The number of hydrogen-bond acceptors (Lipinski definition) is 5. The van der Waals surface area contributed by atoms with Crippen molar-refractivity contribution in [2.24, 2.45) is 0 Å². The first kappa shape index (κ1) is 20.5. The lowest BCUT2D eigenvalue weighted by Gasteiger charge is -2.36. The van der Waals surface area contributed by atoms with E-state index in [0.29, 0.717) is 13.1 Å². The van der Waals surface area contributed by atoms with Gasteiger partial charge in [-0.05, 0) is 34.9 Å². The molecule has 0 saturated carbocycles. The maximum Gasteiger partial charge on any atom is 0.410 e. The summed E-state index contributed by atoms with van der Waals surface area (Å²) >= 11 is 0. The molecule has 0 radical (unpaired) electrons. The van der Waals surface area contributed by atoms with Gasteiger partial charge in [-0.3, -0.25) is 14.8 Å². The first-order chi connectivity index (χ1) is 15.7. The second kappa shape index (κ2) is 9.40. The van der Waals surface area contributed by atoms with Crippen LogP contribution in [0.5, 0.6) is 0 Å². The zero-order valence-corrected chi connectivity index (χ0v) is 18.1. The van der Waals surface area contributed by atoms with Crippen LogP contribution >= 0.6 is 0 Å².